The number of aliphatic hydroxyl groups excluding tert-OH is 1. The Morgan fingerprint density at radius 3 is 2.42 bits per heavy atom. The quantitative estimate of drug-likeness (QED) is 0.522. The number of hydrogen-bond acceptors (Lipinski definition) is 5. The number of aliphatic hydroxyl groups is 1. The molecule has 1 aromatic heterocycles. The van der Waals surface area contributed by atoms with Crippen molar-refractivity contribution in [2.75, 3.05) is 0 Å². The molecule has 0 fully saturated rings. The molecule has 0 aliphatic carbocycles. The van der Waals surface area contributed by atoms with Crippen LogP contribution < -0.4 is 4.74 Å². The maximum atomic E-state index is 12.5. The van der Waals surface area contributed by atoms with E-state index in [4.69, 9.17) is 5.11 Å². The lowest BCUT2D eigenvalue weighted by molar-refractivity contribution is -0.386. The molecule has 0 aliphatic heterocycles. The summed E-state index contributed by atoms with van der Waals surface area (Å²) in [6.45, 7) is -1.29. The fraction of sp³-hybridized carbons (Fsp3) is 0.375. The Morgan fingerprint density at radius 1 is 1.47 bits per heavy atom. The van der Waals surface area contributed by atoms with Crippen LogP contribution in [0.25, 0.3) is 0 Å². The molecule has 0 atom stereocenters. The first kappa shape index (κ1) is 15.0. The first-order valence-corrected chi connectivity index (χ1v) is 4.48. The van der Waals surface area contributed by atoms with Crippen LogP contribution in [0.1, 0.15) is 17.7 Å². The summed E-state index contributed by atoms with van der Waals surface area (Å²) in [5, 5.41) is 19.3. The fourth-order valence-electron chi connectivity index (χ4n) is 1.23. The Morgan fingerprint density at radius 2 is 2.05 bits per heavy atom. The number of aromatic nitrogens is 1. The molecule has 6 nitrogen and oxygen atoms in total. The second kappa shape index (κ2) is 5.30. The molecule has 0 aromatic carbocycles. The summed E-state index contributed by atoms with van der Waals surface area (Å²) >= 11 is 0. The highest BCUT2D eigenvalue weighted by molar-refractivity contribution is 5.50. The lowest BCUT2D eigenvalue weighted by Gasteiger charge is -2.15. The van der Waals surface area contributed by atoms with Crippen LogP contribution >= 0.6 is 0 Å². The minimum absolute atomic E-state index is 0.330. The van der Waals surface area contributed by atoms with Gasteiger partial charge in [0.2, 0.25) is 0 Å². The molecule has 0 aliphatic rings. The molecule has 0 radical (unpaired) electrons. The molecule has 0 saturated carbocycles. The molecule has 1 aromatic rings. The lowest BCUT2D eigenvalue weighted by Crippen LogP contribution is -2.20. The number of halogens is 5. The van der Waals surface area contributed by atoms with Gasteiger partial charge in [0, 0.05) is 0 Å². The highest BCUT2D eigenvalue weighted by atomic mass is 19.4. The van der Waals surface area contributed by atoms with Crippen LogP contribution in [0.4, 0.5) is 27.6 Å². The number of alkyl halides is 5. The van der Waals surface area contributed by atoms with Crippen molar-refractivity contribution in [3.8, 4) is 5.75 Å². The Balaban J connectivity index is 3.50. The van der Waals surface area contributed by atoms with E-state index < -0.39 is 47.0 Å². The smallest absolute Gasteiger partial charge is 0.403 e. The molecule has 0 unspecified atom stereocenters. The zero-order valence-corrected chi connectivity index (χ0v) is 8.82. The second-order valence-corrected chi connectivity index (χ2v) is 3.10. The highest BCUT2D eigenvalue weighted by Crippen LogP contribution is 2.38. The molecule has 11 heteroatoms. The zero-order chi connectivity index (χ0) is 14.8. The molecule has 0 bridgehead atoms. The van der Waals surface area contributed by atoms with Gasteiger partial charge in [-0.25, -0.2) is 13.8 Å². The van der Waals surface area contributed by atoms with Crippen LogP contribution in [0, 0.1) is 10.1 Å². The number of hydrogen-bond donors (Lipinski definition) is 1. The van der Waals surface area contributed by atoms with E-state index in [-0.39, 0.29) is 0 Å². The van der Waals surface area contributed by atoms with Crippen LogP contribution in [-0.4, -0.2) is 21.4 Å². The highest BCUT2D eigenvalue weighted by Gasteiger charge is 2.37. The average molecular weight is 288 g/mol. The molecule has 106 valence electrons. The first-order valence-electron chi connectivity index (χ1n) is 4.48. The van der Waals surface area contributed by atoms with E-state index in [2.05, 4.69) is 9.72 Å². The van der Waals surface area contributed by atoms with E-state index in [1.165, 1.54) is 0 Å². The maximum Gasteiger partial charge on any atom is 0.573 e. The predicted octanol–water partition coefficient (Wildman–Crippen LogP) is 2.32. The normalized spacial score (nSPS) is 11.7. The summed E-state index contributed by atoms with van der Waals surface area (Å²) < 4.78 is 64.5. The summed E-state index contributed by atoms with van der Waals surface area (Å²) in [7, 11) is 0. The molecule has 1 N–H and O–H groups in total. The van der Waals surface area contributed by atoms with Crippen molar-refractivity contribution >= 4 is 5.69 Å². The standard InChI is InChI=1S/C8H5F5N2O4/c9-7(10)5-6(19-8(11,12)13)3(2-16)4(1-14-5)15(17)18/h1,7,16H,2H2. The van der Waals surface area contributed by atoms with E-state index in [9.17, 15) is 32.1 Å². The number of rotatable bonds is 4. The van der Waals surface area contributed by atoms with E-state index >= 15 is 0 Å². The summed E-state index contributed by atoms with van der Waals surface area (Å²) in [6.07, 6.45) is -8.48. The van der Waals surface area contributed by atoms with Gasteiger partial charge < -0.3 is 9.84 Å². The SMILES string of the molecule is O=[N+]([O-])c1cnc(C(F)F)c(OC(F)(F)F)c1CO. The van der Waals surface area contributed by atoms with Crippen molar-refractivity contribution in [3.63, 3.8) is 0 Å². The van der Waals surface area contributed by atoms with Gasteiger partial charge in [-0.05, 0) is 0 Å². The van der Waals surface area contributed by atoms with Crippen molar-refractivity contribution in [1.29, 1.82) is 0 Å². The largest absolute Gasteiger partial charge is 0.573 e. The van der Waals surface area contributed by atoms with Crippen LogP contribution in [-0.2, 0) is 6.61 Å². The van der Waals surface area contributed by atoms with E-state index in [0.29, 0.717) is 6.20 Å². The Hall–Kier alpha value is -2.04. The van der Waals surface area contributed by atoms with Gasteiger partial charge in [0.15, 0.2) is 5.75 Å². The van der Waals surface area contributed by atoms with Gasteiger partial charge in [-0.2, -0.15) is 0 Å². The monoisotopic (exact) mass is 288 g/mol. The summed E-state index contributed by atoms with van der Waals surface area (Å²) in [5.74, 6) is -1.56. The predicted molar refractivity (Wildman–Crippen MR) is 48.5 cm³/mol. The van der Waals surface area contributed by atoms with Gasteiger partial charge in [-0.3, -0.25) is 10.1 Å². The van der Waals surface area contributed by atoms with Crippen molar-refractivity contribution in [2.45, 2.75) is 19.4 Å². The van der Waals surface area contributed by atoms with Gasteiger partial charge in [0.25, 0.3) is 12.1 Å². The number of pyridine rings is 1. The van der Waals surface area contributed by atoms with Crippen molar-refractivity contribution < 1.29 is 36.7 Å². The molecule has 0 amide bonds. The van der Waals surface area contributed by atoms with Gasteiger partial charge in [0.05, 0.1) is 11.5 Å². The Kier molecular flexibility index (Phi) is 4.19. The fourth-order valence-corrected chi connectivity index (χ4v) is 1.23. The molecule has 19 heavy (non-hydrogen) atoms. The topological polar surface area (TPSA) is 85.5 Å². The molecular formula is C8H5F5N2O4. The minimum atomic E-state index is -5.36. The van der Waals surface area contributed by atoms with Crippen molar-refractivity contribution in [1.82, 2.24) is 4.98 Å². The second-order valence-electron chi connectivity index (χ2n) is 3.10. The average Bonchev–Trinajstić information content (AvgIpc) is 2.25. The molecule has 0 spiro atoms. The van der Waals surface area contributed by atoms with Crippen LogP contribution in [0.3, 0.4) is 0 Å². The number of ether oxygens (including phenoxy) is 1. The number of nitrogens with zero attached hydrogens (tertiary/aromatic N) is 2. The summed E-state index contributed by atoms with van der Waals surface area (Å²) in [4.78, 5) is 12.2. The molecule has 1 rings (SSSR count). The van der Waals surface area contributed by atoms with Gasteiger partial charge in [-0.15, -0.1) is 13.2 Å². The summed E-state index contributed by atoms with van der Waals surface area (Å²) in [5.41, 5.74) is -3.51. The van der Waals surface area contributed by atoms with Crippen LogP contribution in [0.2, 0.25) is 0 Å². The van der Waals surface area contributed by atoms with E-state index in [0.717, 1.165) is 0 Å². The Labute approximate surface area is 101 Å². The summed E-state index contributed by atoms with van der Waals surface area (Å²) in [6, 6.07) is 0. The third-order valence-electron chi connectivity index (χ3n) is 1.92. The third-order valence-corrected chi connectivity index (χ3v) is 1.92. The first-order chi connectivity index (χ1) is 8.67. The molecular weight excluding hydrogens is 283 g/mol. The van der Waals surface area contributed by atoms with E-state index in [1.54, 1.807) is 0 Å². The minimum Gasteiger partial charge on any atom is -0.403 e. The van der Waals surface area contributed by atoms with Crippen molar-refractivity contribution in [3.05, 3.63) is 27.6 Å². The zero-order valence-electron chi connectivity index (χ0n) is 8.82. The van der Waals surface area contributed by atoms with Gasteiger partial charge in [-0.1, -0.05) is 0 Å². The maximum absolute atomic E-state index is 12.5. The Bertz CT molecular complexity index is 491. The van der Waals surface area contributed by atoms with Crippen LogP contribution in [0.15, 0.2) is 6.20 Å². The van der Waals surface area contributed by atoms with Gasteiger partial charge in [0.1, 0.15) is 17.5 Å². The van der Waals surface area contributed by atoms with Crippen molar-refractivity contribution in [2.24, 2.45) is 0 Å². The lowest BCUT2D eigenvalue weighted by atomic mass is 10.1. The van der Waals surface area contributed by atoms with Crippen LogP contribution in [0.5, 0.6) is 5.75 Å². The molecule has 1 heterocycles. The number of nitro groups is 1. The van der Waals surface area contributed by atoms with Gasteiger partial charge >= 0.3 is 6.36 Å². The molecule has 0 saturated heterocycles. The third kappa shape index (κ3) is 3.47. The van der Waals surface area contributed by atoms with E-state index in [1.807, 2.05) is 0 Å².